The predicted molar refractivity (Wildman–Crippen MR) is 139 cm³/mol. The third kappa shape index (κ3) is 8.82. The molecule has 1 aliphatic rings. The van der Waals surface area contributed by atoms with Crippen molar-refractivity contribution in [1.29, 1.82) is 0 Å². The van der Waals surface area contributed by atoms with Crippen molar-refractivity contribution in [3.8, 4) is 0 Å². The summed E-state index contributed by atoms with van der Waals surface area (Å²) in [4.78, 5) is 47.8. The Morgan fingerprint density at radius 2 is 1.84 bits per heavy atom. The number of carboxylic acids is 1. The second kappa shape index (κ2) is 14.9. The molecule has 0 unspecified atom stereocenters. The Bertz CT molecular complexity index is 991. The Kier molecular flexibility index (Phi) is 11.3. The first-order valence-electron chi connectivity index (χ1n) is 13.0. The number of hydrogen-bond donors (Lipinski definition) is 3. The lowest BCUT2D eigenvalue weighted by atomic mass is 10.0. The summed E-state index contributed by atoms with van der Waals surface area (Å²) in [7, 11) is 0. The molecule has 0 aliphatic carbocycles. The van der Waals surface area contributed by atoms with Gasteiger partial charge in [0.05, 0.1) is 12.6 Å². The number of ether oxygens (including phenoxy) is 1. The SMILES string of the molecule is CCOC(=O)[C@H](CCc1ccccc1)N[C@@H](CCCCNc1ncccn1)C(=O)N1CCC[C@H]1C(=O)O. The molecule has 3 atom stereocenters. The van der Waals surface area contributed by atoms with Crippen LogP contribution in [0.4, 0.5) is 5.95 Å². The second-order valence-corrected chi connectivity index (χ2v) is 9.07. The van der Waals surface area contributed by atoms with E-state index in [0.29, 0.717) is 57.6 Å². The fraction of sp³-hybridized carbons (Fsp3) is 0.519. The van der Waals surface area contributed by atoms with Crippen molar-refractivity contribution in [3.05, 3.63) is 54.4 Å². The summed E-state index contributed by atoms with van der Waals surface area (Å²) in [5, 5.41) is 16.0. The van der Waals surface area contributed by atoms with Crippen molar-refractivity contribution in [2.45, 2.75) is 70.0 Å². The van der Waals surface area contributed by atoms with E-state index in [1.807, 2.05) is 30.3 Å². The van der Waals surface area contributed by atoms with Gasteiger partial charge in [-0.15, -0.1) is 0 Å². The molecule has 1 aromatic carbocycles. The normalized spacial score (nSPS) is 16.7. The zero-order chi connectivity index (χ0) is 26.5. The minimum atomic E-state index is -0.998. The lowest BCUT2D eigenvalue weighted by Gasteiger charge is -2.30. The van der Waals surface area contributed by atoms with Crippen LogP contribution in [0.3, 0.4) is 0 Å². The number of aliphatic carboxylic acids is 1. The van der Waals surface area contributed by atoms with Crippen molar-refractivity contribution >= 4 is 23.8 Å². The second-order valence-electron chi connectivity index (χ2n) is 9.07. The lowest BCUT2D eigenvalue weighted by Crippen LogP contribution is -2.54. The highest BCUT2D eigenvalue weighted by molar-refractivity contribution is 5.88. The van der Waals surface area contributed by atoms with E-state index in [0.717, 1.165) is 12.0 Å². The Balaban J connectivity index is 1.67. The van der Waals surface area contributed by atoms with Crippen molar-refractivity contribution < 1.29 is 24.2 Å². The number of unbranched alkanes of at least 4 members (excludes halogenated alkanes) is 1. The van der Waals surface area contributed by atoms with Crippen LogP contribution >= 0.6 is 0 Å². The van der Waals surface area contributed by atoms with E-state index in [4.69, 9.17) is 4.74 Å². The number of aryl methyl sites for hydroxylation is 1. The average molecular weight is 512 g/mol. The van der Waals surface area contributed by atoms with Crippen LogP contribution in [0.2, 0.25) is 0 Å². The molecule has 10 nitrogen and oxygen atoms in total. The summed E-state index contributed by atoms with van der Waals surface area (Å²) in [5.41, 5.74) is 1.08. The van der Waals surface area contributed by atoms with Crippen LogP contribution in [-0.4, -0.2) is 75.6 Å². The number of benzene rings is 1. The molecule has 200 valence electrons. The van der Waals surface area contributed by atoms with Gasteiger partial charge in [-0.25, -0.2) is 14.8 Å². The molecule has 2 aromatic rings. The quantitative estimate of drug-likeness (QED) is 0.244. The van der Waals surface area contributed by atoms with E-state index < -0.39 is 30.1 Å². The summed E-state index contributed by atoms with van der Waals surface area (Å²) in [5.74, 6) is -1.14. The number of rotatable bonds is 15. The van der Waals surface area contributed by atoms with Gasteiger partial charge < -0.3 is 20.1 Å². The van der Waals surface area contributed by atoms with Gasteiger partial charge in [-0.05, 0) is 63.5 Å². The van der Waals surface area contributed by atoms with Crippen molar-refractivity contribution in [3.63, 3.8) is 0 Å². The van der Waals surface area contributed by atoms with Gasteiger partial charge >= 0.3 is 11.9 Å². The highest BCUT2D eigenvalue weighted by atomic mass is 16.5. The highest BCUT2D eigenvalue weighted by Gasteiger charge is 2.38. The number of aromatic nitrogens is 2. The Morgan fingerprint density at radius 3 is 2.54 bits per heavy atom. The number of likely N-dealkylation sites (tertiary alicyclic amines) is 1. The number of hydrogen-bond acceptors (Lipinski definition) is 8. The molecule has 0 saturated carbocycles. The molecule has 1 amide bonds. The Morgan fingerprint density at radius 1 is 1.08 bits per heavy atom. The summed E-state index contributed by atoms with van der Waals surface area (Å²) < 4.78 is 5.31. The lowest BCUT2D eigenvalue weighted by molar-refractivity contribution is -0.150. The number of anilines is 1. The number of esters is 1. The predicted octanol–water partition coefficient (Wildman–Crippen LogP) is 2.66. The molecule has 1 aromatic heterocycles. The monoisotopic (exact) mass is 511 g/mol. The molecular formula is C27H37N5O5. The molecule has 0 bridgehead atoms. The third-order valence-corrected chi connectivity index (χ3v) is 6.43. The minimum Gasteiger partial charge on any atom is -0.480 e. The maximum Gasteiger partial charge on any atom is 0.326 e. The smallest absolute Gasteiger partial charge is 0.326 e. The molecule has 10 heteroatoms. The molecule has 1 aliphatic heterocycles. The topological polar surface area (TPSA) is 134 Å². The van der Waals surface area contributed by atoms with E-state index in [9.17, 15) is 19.5 Å². The van der Waals surface area contributed by atoms with Gasteiger partial charge in [-0.1, -0.05) is 30.3 Å². The Labute approximate surface area is 217 Å². The third-order valence-electron chi connectivity index (χ3n) is 6.43. The zero-order valence-electron chi connectivity index (χ0n) is 21.3. The first-order chi connectivity index (χ1) is 18.0. The first-order valence-corrected chi connectivity index (χ1v) is 13.0. The van der Waals surface area contributed by atoms with E-state index >= 15 is 0 Å². The van der Waals surface area contributed by atoms with E-state index in [1.54, 1.807) is 25.4 Å². The van der Waals surface area contributed by atoms with Crippen molar-refractivity contribution in [1.82, 2.24) is 20.2 Å². The summed E-state index contributed by atoms with van der Waals surface area (Å²) in [6.45, 7) is 3.01. The number of carbonyl (C=O) groups is 3. The van der Waals surface area contributed by atoms with Gasteiger partial charge in [0.25, 0.3) is 0 Å². The van der Waals surface area contributed by atoms with Crippen LogP contribution in [0.5, 0.6) is 0 Å². The molecule has 3 N–H and O–H groups in total. The van der Waals surface area contributed by atoms with Gasteiger partial charge in [-0.2, -0.15) is 0 Å². The number of carboxylic acid groups (broad SMARTS) is 1. The molecular weight excluding hydrogens is 474 g/mol. The molecule has 1 saturated heterocycles. The van der Waals surface area contributed by atoms with Gasteiger partial charge in [0.15, 0.2) is 0 Å². The fourth-order valence-corrected chi connectivity index (χ4v) is 4.54. The summed E-state index contributed by atoms with van der Waals surface area (Å²) in [6.07, 6.45) is 7.39. The molecule has 37 heavy (non-hydrogen) atoms. The van der Waals surface area contributed by atoms with Gasteiger partial charge in [0, 0.05) is 25.5 Å². The van der Waals surface area contributed by atoms with Crippen LogP contribution in [-0.2, 0) is 25.5 Å². The standard InChI is InChI=1S/C27H37N5O5/c1-2-37-26(36)22(15-14-20-10-4-3-5-11-20)31-21(24(33)32-19-8-13-23(32)25(34)35)12-6-7-16-28-27-29-17-9-18-30-27/h3-5,9-11,17-18,21-23,31H,2,6-8,12-16,19H2,1H3,(H,34,35)(H,28,29,30)/t21-,22-,23-/m0/s1. The van der Waals surface area contributed by atoms with Gasteiger partial charge in [-0.3, -0.25) is 14.9 Å². The molecule has 0 radical (unpaired) electrons. The minimum absolute atomic E-state index is 0.238. The average Bonchev–Trinajstić information content (AvgIpc) is 3.41. The van der Waals surface area contributed by atoms with E-state index in [-0.39, 0.29) is 12.5 Å². The number of nitrogens with zero attached hydrogens (tertiary/aromatic N) is 3. The first kappa shape index (κ1) is 28.0. The molecule has 2 heterocycles. The molecule has 1 fully saturated rings. The number of nitrogens with one attached hydrogen (secondary N) is 2. The molecule has 0 spiro atoms. The van der Waals surface area contributed by atoms with E-state index in [1.165, 1.54) is 4.90 Å². The van der Waals surface area contributed by atoms with Crippen molar-refractivity contribution in [2.24, 2.45) is 0 Å². The largest absolute Gasteiger partial charge is 0.480 e. The summed E-state index contributed by atoms with van der Waals surface area (Å²) in [6, 6.07) is 9.35. The number of amides is 1. The van der Waals surface area contributed by atoms with Crippen LogP contribution < -0.4 is 10.6 Å². The summed E-state index contributed by atoms with van der Waals surface area (Å²) >= 11 is 0. The zero-order valence-corrected chi connectivity index (χ0v) is 21.3. The van der Waals surface area contributed by atoms with Gasteiger partial charge in [0.1, 0.15) is 12.1 Å². The van der Waals surface area contributed by atoms with Crippen LogP contribution in [0.1, 0.15) is 51.0 Å². The molecule has 3 rings (SSSR count). The van der Waals surface area contributed by atoms with Crippen LogP contribution in [0, 0.1) is 0 Å². The highest BCUT2D eigenvalue weighted by Crippen LogP contribution is 2.20. The van der Waals surface area contributed by atoms with Crippen LogP contribution in [0.25, 0.3) is 0 Å². The maximum atomic E-state index is 13.5. The van der Waals surface area contributed by atoms with Crippen LogP contribution in [0.15, 0.2) is 48.8 Å². The fourth-order valence-electron chi connectivity index (χ4n) is 4.54. The van der Waals surface area contributed by atoms with E-state index in [2.05, 4.69) is 20.6 Å². The van der Waals surface area contributed by atoms with Crippen molar-refractivity contribution in [2.75, 3.05) is 25.0 Å². The van der Waals surface area contributed by atoms with Gasteiger partial charge in [0.2, 0.25) is 11.9 Å². The maximum absolute atomic E-state index is 13.5. The Hall–Kier alpha value is -3.53. The number of carbonyl (C=O) groups excluding carboxylic acids is 2.